The van der Waals surface area contributed by atoms with Gasteiger partial charge in [-0.1, -0.05) is 0 Å². The van der Waals surface area contributed by atoms with E-state index in [4.69, 9.17) is 4.74 Å². The van der Waals surface area contributed by atoms with E-state index >= 15 is 0 Å². The minimum atomic E-state index is -0.582. The molecule has 29 heavy (non-hydrogen) atoms. The van der Waals surface area contributed by atoms with Crippen molar-refractivity contribution in [2.75, 3.05) is 0 Å². The van der Waals surface area contributed by atoms with E-state index in [1.165, 1.54) is 30.5 Å². The molecule has 0 aliphatic heterocycles. The summed E-state index contributed by atoms with van der Waals surface area (Å²) in [6, 6.07) is 8.47. The monoisotopic (exact) mass is 396 g/mol. The van der Waals surface area contributed by atoms with Crippen LogP contribution in [-0.2, 0) is 6.54 Å². The first-order valence-electron chi connectivity index (χ1n) is 9.41. The van der Waals surface area contributed by atoms with Gasteiger partial charge in [-0.25, -0.2) is 14.4 Å². The summed E-state index contributed by atoms with van der Waals surface area (Å²) >= 11 is 0. The molecule has 150 valence electrons. The molecule has 1 aromatic carbocycles. The quantitative estimate of drug-likeness (QED) is 0.669. The average Bonchev–Trinajstić information content (AvgIpc) is 3.34. The number of rotatable bonds is 6. The molecule has 1 aliphatic carbocycles. The average molecular weight is 396 g/mol. The molecule has 0 saturated heterocycles. The normalized spacial score (nSPS) is 21.1. The Kier molecular flexibility index (Phi) is 5.53. The lowest BCUT2D eigenvalue weighted by Crippen LogP contribution is -2.39. The van der Waals surface area contributed by atoms with Crippen LogP contribution in [0.5, 0.6) is 11.6 Å². The topological polar surface area (TPSA) is 89.3 Å². The van der Waals surface area contributed by atoms with Crippen molar-refractivity contribution in [2.24, 2.45) is 5.92 Å². The molecule has 1 fully saturated rings. The zero-order valence-corrected chi connectivity index (χ0v) is 15.6. The van der Waals surface area contributed by atoms with Crippen molar-refractivity contribution in [3.8, 4) is 11.6 Å². The zero-order chi connectivity index (χ0) is 20.2. The minimum Gasteiger partial charge on any atom is -0.439 e. The number of amides is 1. The maximum Gasteiger partial charge on any atom is 0.253 e. The summed E-state index contributed by atoms with van der Waals surface area (Å²) in [4.78, 5) is 20.7. The summed E-state index contributed by atoms with van der Waals surface area (Å²) in [5.41, 5.74) is 0.377. The molecule has 1 unspecified atom stereocenters. The predicted octanol–water partition coefficient (Wildman–Crippen LogP) is 2.78. The molecule has 2 heterocycles. The highest BCUT2D eigenvalue weighted by atomic mass is 19.1. The number of hydrogen-bond donors (Lipinski definition) is 2. The Labute approximate surface area is 167 Å². The molecule has 1 aliphatic rings. The fourth-order valence-electron chi connectivity index (χ4n) is 3.57. The molecule has 0 bridgehead atoms. The fraction of sp³-hybridized carbons (Fsp3) is 0.286. The molecule has 8 heteroatoms. The van der Waals surface area contributed by atoms with Gasteiger partial charge in [0, 0.05) is 31.2 Å². The number of pyridine rings is 1. The molecule has 2 aromatic heterocycles. The van der Waals surface area contributed by atoms with Crippen molar-refractivity contribution in [1.82, 2.24) is 19.9 Å². The Hall–Kier alpha value is -3.26. The van der Waals surface area contributed by atoms with Crippen molar-refractivity contribution in [3.63, 3.8) is 0 Å². The number of carbonyl (C=O) groups excluding carboxylic acids is 1. The molecule has 0 radical (unpaired) electrons. The second kappa shape index (κ2) is 8.40. The number of hydrogen-bond acceptors (Lipinski definition) is 5. The number of aliphatic hydroxyl groups is 1. The second-order valence-electron chi connectivity index (χ2n) is 7.19. The summed E-state index contributed by atoms with van der Waals surface area (Å²) in [5.74, 6) is 0.384. The van der Waals surface area contributed by atoms with E-state index in [-0.39, 0.29) is 23.7 Å². The van der Waals surface area contributed by atoms with E-state index in [0.29, 0.717) is 30.0 Å². The summed E-state index contributed by atoms with van der Waals surface area (Å²) in [5, 5.41) is 13.2. The van der Waals surface area contributed by atoms with Crippen molar-refractivity contribution < 1.29 is 19.0 Å². The first-order valence-corrected chi connectivity index (χ1v) is 9.41. The standard InChI is InChI=1S/C21H21FN4O3/c22-16-2-4-17(5-3-16)29-20-6-1-15(11-24-20)21(28)25-18-9-14(10-19(18)27)12-26-8-7-23-13-26/h1-8,11,13-14,18-19,27H,9-10,12H2,(H,25,28)/t14?,18-,19-/m1/s1. The Morgan fingerprint density at radius 3 is 2.76 bits per heavy atom. The largest absolute Gasteiger partial charge is 0.439 e. The number of ether oxygens (including phenoxy) is 1. The third-order valence-electron chi connectivity index (χ3n) is 5.01. The summed E-state index contributed by atoms with van der Waals surface area (Å²) in [6.45, 7) is 0.764. The van der Waals surface area contributed by atoms with Gasteiger partial charge in [0.2, 0.25) is 5.88 Å². The molecular formula is C21H21FN4O3. The van der Waals surface area contributed by atoms with E-state index in [9.17, 15) is 14.3 Å². The number of imidazole rings is 1. The number of nitrogens with zero attached hydrogens (tertiary/aromatic N) is 3. The van der Waals surface area contributed by atoms with Gasteiger partial charge in [-0.3, -0.25) is 4.79 Å². The Morgan fingerprint density at radius 1 is 1.24 bits per heavy atom. The lowest BCUT2D eigenvalue weighted by molar-refractivity contribution is 0.0872. The van der Waals surface area contributed by atoms with Crippen molar-refractivity contribution in [3.05, 3.63) is 72.7 Å². The summed E-state index contributed by atoms with van der Waals surface area (Å²) in [6.07, 6.45) is 7.52. The molecule has 0 spiro atoms. The number of aromatic nitrogens is 3. The van der Waals surface area contributed by atoms with Crippen LogP contribution in [0.2, 0.25) is 0 Å². The van der Waals surface area contributed by atoms with Crippen LogP contribution in [-0.4, -0.2) is 37.7 Å². The van der Waals surface area contributed by atoms with Gasteiger partial charge in [-0.05, 0) is 49.1 Å². The zero-order valence-electron chi connectivity index (χ0n) is 15.6. The molecule has 4 rings (SSSR count). The first kappa shape index (κ1) is 19.1. The van der Waals surface area contributed by atoms with Gasteiger partial charge in [-0.2, -0.15) is 0 Å². The number of benzene rings is 1. The van der Waals surface area contributed by atoms with E-state index < -0.39 is 6.10 Å². The van der Waals surface area contributed by atoms with E-state index in [0.717, 1.165) is 6.54 Å². The Morgan fingerprint density at radius 2 is 2.07 bits per heavy atom. The fourth-order valence-corrected chi connectivity index (χ4v) is 3.57. The van der Waals surface area contributed by atoms with Crippen LogP contribution in [0.3, 0.4) is 0 Å². The molecule has 3 aromatic rings. The van der Waals surface area contributed by atoms with Gasteiger partial charge >= 0.3 is 0 Å². The summed E-state index contributed by atoms with van der Waals surface area (Å²) < 4.78 is 20.4. The van der Waals surface area contributed by atoms with Gasteiger partial charge in [-0.15, -0.1) is 0 Å². The van der Waals surface area contributed by atoms with Gasteiger partial charge in [0.05, 0.1) is 24.0 Å². The van der Waals surface area contributed by atoms with Gasteiger partial charge in [0.1, 0.15) is 11.6 Å². The predicted molar refractivity (Wildman–Crippen MR) is 103 cm³/mol. The highest BCUT2D eigenvalue weighted by Gasteiger charge is 2.34. The SMILES string of the molecule is O=C(N[C@@H]1CC(Cn2ccnc2)C[C@H]1O)c1ccc(Oc2ccc(F)cc2)nc1. The van der Waals surface area contributed by atoms with Crippen LogP contribution < -0.4 is 10.1 Å². The smallest absolute Gasteiger partial charge is 0.253 e. The maximum absolute atomic E-state index is 12.9. The third-order valence-corrected chi connectivity index (χ3v) is 5.01. The van der Waals surface area contributed by atoms with Gasteiger partial charge in [0.15, 0.2) is 0 Å². The number of halogens is 1. The van der Waals surface area contributed by atoms with Crippen LogP contribution >= 0.6 is 0 Å². The Balaban J connectivity index is 1.32. The van der Waals surface area contributed by atoms with Crippen molar-refractivity contribution in [2.45, 2.75) is 31.5 Å². The lowest BCUT2D eigenvalue weighted by Gasteiger charge is -2.16. The van der Waals surface area contributed by atoms with Crippen LogP contribution in [0, 0.1) is 11.7 Å². The second-order valence-corrected chi connectivity index (χ2v) is 7.19. The summed E-state index contributed by atoms with van der Waals surface area (Å²) in [7, 11) is 0. The molecule has 3 atom stereocenters. The van der Waals surface area contributed by atoms with Crippen LogP contribution in [0.4, 0.5) is 4.39 Å². The van der Waals surface area contributed by atoms with Crippen molar-refractivity contribution >= 4 is 5.91 Å². The maximum atomic E-state index is 12.9. The van der Waals surface area contributed by atoms with Crippen molar-refractivity contribution in [1.29, 1.82) is 0 Å². The molecular weight excluding hydrogens is 375 g/mol. The van der Waals surface area contributed by atoms with Gasteiger partial charge in [0.25, 0.3) is 5.91 Å². The molecule has 1 amide bonds. The highest BCUT2D eigenvalue weighted by Crippen LogP contribution is 2.28. The number of aliphatic hydroxyl groups excluding tert-OH is 1. The molecule has 2 N–H and O–H groups in total. The van der Waals surface area contributed by atoms with E-state index in [2.05, 4.69) is 15.3 Å². The van der Waals surface area contributed by atoms with Crippen LogP contribution in [0.15, 0.2) is 61.3 Å². The molecule has 7 nitrogen and oxygen atoms in total. The number of carbonyl (C=O) groups is 1. The van der Waals surface area contributed by atoms with E-state index in [1.54, 1.807) is 24.7 Å². The third kappa shape index (κ3) is 4.78. The van der Waals surface area contributed by atoms with Crippen LogP contribution in [0.1, 0.15) is 23.2 Å². The van der Waals surface area contributed by atoms with Gasteiger partial charge < -0.3 is 19.7 Å². The highest BCUT2D eigenvalue weighted by molar-refractivity contribution is 5.94. The minimum absolute atomic E-state index is 0.272. The molecule has 1 saturated carbocycles. The Bertz CT molecular complexity index is 945. The lowest BCUT2D eigenvalue weighted by atomic mass is 10.1. The number of nitrogens with one attached hydrogen (secondary N) is 1. The van der Waals surface area contributed by atoms with Crippen LogP contribution in [0.25, 0.3) is 0 Å². The first-order chi connectivity index (χ1) is 14.1. The van der Waals surface area contributed by atoms with E-state index in [1.807, 2.05) is 10.8 Å².